The van der Waals surface area contributed by atoms with Crippen molar-refractivity contribution in [1.82, 2.24) is 15.1 Å². The predicted octanol–water partition coefficient (Wildman–Crippen LogP) is 2.90. The Balaban J connectivity index is 1.71. The molecule has 0 spiro atoms. The van der Waals surface area contributed by atoms with E-state index in [2.05, 4.69) is 70.6 Å². The largest absolute Gasteiger partial charge is 0.493 e. The molecule has 0 aliphatic carbocycles. The van der Waals surface area contributed by atoms with Crippen molar-refractivity contribution in [1.29, 1.82) is 0 Å². The maximum atomic E-state index is 5.48. The SMILES string of the molecule is CN=C(NCc1ccccc1CN(C)C)N1CCc2cc(OC)c(OC)cc2C1. The summed E-state index contributed by atoms with van der Waals surface area (Å²) in [4.78, 5) is 9.02. The molecule has 1 aliphatic rings. The minimum atomic E-state index is 0.756. The summed E-state index contributed by atoms with van der Waals surface area (Å²) in [6.45, 7) is 3.40. The second-order valence-corrected chi connectivity index (χ2v) is 7.55. The molecule has 0 radical (unpaired) electrons. The zero-order chi connectivity index (χ0) is 20.8. The van der Waals surface area contributed by atoms with Gasteiger partial charge in [-0.05, 0) is 54.9 Å². The van der Waals surface area contributed by atoms with Crippen LogP contribution in [0, 0.1) is 0 Å². The van der Waals surface area contributed by atoms with Crippen LogP contribution in [0.3, 0.4) is 0 Å². The molecule has 0 atom stereocenters. The Kier molecular flexibility index (Phi) is 6.99. The fraction of sp³-hybridized carbons (Fsp3) is 0.435. The zero-order valence-electron chi connectivity index (χ0n) is 18.2. The Morgan fingerprint density at radius 2 is 1.72 bits per heavy atom. The van der Waals surface area contributed by atoms with E-state index >= 15 is 0 Å². The number of aliphatic imine (C=N–C) groups is 1. The van der Waals surface area contributed by atoms with Crippen molar-refractivity contribution in [3.63, 3.8) is 0 Å². The molecule has 0 amide bonds. The molecule has 0 saturated carbocycles. The number of methoxy groups -OCH3 is 2. The highest BCUT2D eigenvalue weighted by molar-refractivity contribution is 5.80. The lowest BCUT2D eigenvalue weighted by Gasteiger charge is -2.32. The zero-order valence-corrected chi connectivity index (χ0v) is 18.2. The molecule has 6 nitrogen and oxygen atoms in total. The third kappa shape index (κ3) is 5.01. The Labute approximate surface area is 174 Å². The number of hydrogen-bond acceptors (Lipinski definition) is 4. The number of ether oxygens (including phenoxy) is 2. The van der Waals surface area contributed by atoms with Gasteiger partial charge in [-0.1, -0.05) is 24.3 Å². The van der Waals surface area contributed by atoms with Crippen LogP contribution in [0.1, 0.15) is 22.3 Å². The Hall–Kier alpha value is -2.73. The predicted molar refractivity (Wildman–Crippen MR) is 118 cm³/mol. The molecule has 29 heavy (non-hydrogen) atoms. The van der Waals surface area contributed by atoms with E-state index in [0.29, 0.717) is 0 Å². The van der Waals surface area contributed by atoms with Gasteiger partial charge in [0.25, 0.3) is 0 Å². The number of nitrogens with one attached hydrogen (secondary N) is 1. The van der Waals surface area contributed by atoms with Crippen molar-refractivity contribution >= 4 is 5.96 Å². The first-order chi connectivity index (χ1) is 14.0. The summed E-state index contributed by atoms with van der Waals surface area (Å²) in [5.41, 5.74) is 5.20. The maximum absolute atomic E-state index is 5.48. The summed E-state index contributed by atoms with van der Waals surface area (Å²) in [6, 6.07) is 12.7. The molecular formula is C23H32N4O2. The van der Waals surface area contributed by atoms with Crippen LogP contribution in [-0.4, -0.2) is 57.7 Å². The van der Waals surface area contributed by atoms with Gasteiger partial charge in [0, 0.05) is 33.2 Å². The summed E-state index contributed by atoms with van der Waals surface area (Å²) >= 11 is 0. The monoisotopic (exact) mass is 396 g/mol. The number of rotatable bonds is 6. The molecule has 2 aromatic carbocycles. The molecule has 2 aromatic rings. The van der Waals surface area contributed by atoms with Crippen LogP contribution in [0.5, 0.6) is 11.5 Å². The molecule has 0 saturated heterocycles. The third-order valence-electron chi connectivity index (χ3n) is 5.27. The lowest BCUT2D eigenvalue weighted by molar-refractivity contribution is 0.346. The van der Waals surface area contributed by atoms with Gasteiger partial charge in [-0.25, -0.2) is 0 Å². The van der Waals surface area contributed by atoms with E-state index in [0.717, 1.165) is 50.1 Å². The Morgan fingerprint density at radius 3 is 2.34 bits per heavy atom. The average Bonchev–Trinajstić information content (AvgIpc) is 2.73. The van der Waals surface area contributed by atoms with Crippen LogP contribution >= 0.6 is 0 Å². The summed E-state index contributed by atoms with van der Waals surface area (Å²) in [5, 5.41) is 3.55. The first-order valence-corrected chi connectivity index (χ1v) is 9.96. The molecule has 0 unspecified atom stereocenters. The number of guanidine groups is 1. The smallest absolute Gasteiger partial charge is 0.194 e. The van der Waals surface area contributed by atoms with Crippen LogP contribution in [0.25, 0.3) is 0 Å². The van der Waals surface area contributed by atoms with Gasteiger partial charge in [0.05, 0.1) is 14.2 Å². The number of benzene rings is 2. The van der Waals surface area contributed by atoms with E-state index in [1.807, 2.05) is 7.05 Å². The molecule has 156 valence electrons. The molecule has 0 fully saturated rings. The summed E-state index contributed by atoms with van der Waals surface area (Å²) in [7, 11) is 9.39. The van der Waals surface area contributed by atoms with Crippen molar-refractivity contribution in [2.45, 2.75) is 26.1 Å². The van der Waals surface area contributed by atoms with Gasteiger partial charge >= 0.3 is 0 Å². The summed E-state index contributed by atoms with van der Waals surface area (Å²) < 4.78 is 10.9. The van der Waals surface area contributed by atoms with Crippen LogP contribution < -0.4 is 14.8 Å². The number of hydrogen-bond donors (Lipinski definition) is 1. The molecule has 3 rings (SSSR count). The van der Waals surface area contributed by atoms with E-state index in [4.69, 9.17) is 9.47 Å². The van der Waals surface area contributed by atoms with Crippen molar-refractivity contribution in [2.75, 3.05) is 41.9 Å². The van der Waals surface area contributed by atoms with Gasteiger partial charge in [0.1, 0.15) is 0 Å². The fourth-order valence-corrected chi connectivity index (χ4v) is 3.80. The van der Waals surface area contributed by atoms with Crippen molar-refractivity contribution in [3.05, 3.63) is 58.7 Å². The topological polar surface area (TPSA) is 49.3 Å². The van der Waals surface area contributed by atoms with E-state index in [-0.39, 0.29) is 0 Å². The molecular weight excluding hydrogens is 364 g/mol. The standard InChI is InChI=1S/C23H32N4O2/c1-24-23(25-14-18-8-6-7-9-19(18)15-26(2)3)27-11-10-17-12-21(28-4)22(29-5)13-20(17)16-27/h6-9,12-13H,10-11,14-16H2,1-5H3,(H,24,25). The lowest BCUT2D eigenvalue weighted by atomic mass is 9.99. The molecule has 6 heteroatoms. The highest BCUT2D eigenvalue weighted by Gasteiger charge is 2.21. The first kappa shape index (κ1) is 21.0. The lowest BCUT2D eigenvalue weighted by Crippen LogP contribution is -2.43. The molecule has 1 N–H and O–H groups in total. The van der Waals surface area contributed by atoms with Crippen LogP contribution in [0.15, 0.2) is 41.4 Å². The van der Waals surface area contributed by atoms with Crippen molar-refractivity contribution < 1.29 is 9.47 Å². The minimum Gasteiger partial charge on any atom is -0.493 e. The maximum Gasteiger partial charge on any atom is 0.194 e. The number of nitrogens with zero attached hydrogens (tertiary/aromatic N) is 3. The van der Waals surface area contributed by atoms with Crippen molar-refractivity contribution in [3.8, 4) is 11.5 Å². The van der Waals surface area contributed by atoms with Gasteiger partial charge in [0.2, 0.25) is 0 Å². The summed E-state index contributed by atoms with van der Waals surface area (Å²) in [5.74, 6) is 2.48. The second kappa shape index (κ2) is 9.65. The molecule has 1 heterocycles. The van der Waals surface area contributed by atoms with Crippen LogP contribution in [0.2, 0.25) is 0 Å². The summed E-state index contributed by atoms with van der Waals surface area (Å²) in [6.07, 6.45) is 0.952. The van der Waals surface area contributed by atoms with E-state index in [1.165, 1.54) is 22.3 Å². The molecule has 0 bridgehead atoms. The van der Waals surface area contributed by atoms with Gasteiger partial charge in [-0.2, -0.15) is 0 Å². The quantitative estimate of drug-likeness (QED) is 0.601. The third-order valence-corrected chi connectivity index (χ3v) is 5.27. The molecule has 0 aromatic heterocycles. The first-order valence-electron chi connectivity index (χ1n) is 9.96. The van der Waals surface area contributed by atoms with Crippen LogP contribution in [0.4, 0.5) is 0 Å². The minimum absolute atomic E-state index is 0.756. The average molecular weight is 397 g/mol. The van der Waals surface area contributed by atoms with Gasteiger partial charge < -0.3 is 24.6 Å². The number of fused-ring (bicyclic) bond motifs is 1. The normalized spacial score (nSPS) is 14.0. The highest BCUT2D eigenvalue weighted by Crippen LogP contribution is 2.33. The van der Waals surface area contributed by atoms with Gasteiger partial charge in [0.15, 0.2) is 17.5 Å². The van der Waals surface area contributed by atoms with Crippen LogP contribution in [-0.2, 0) is 26.1 Å². The van der Waals surface area contributed by atoms with Gasteiger partial charge in [-0.15, -0.1) is 0 Å². The molecule has 1 aliphatic heterocycles. The van der Waals surface area contributed by atoms with Crippen molar-refractivity contribution in [2.24, 2.45) is 4.99 Å². The van der Waals surface area contributed by atoms with E-state index < -0.39 is 0 Å². The highest BCUT2D eigenvalue weighted by atomic mass is 16.5. The Morgan fingerprint density at radius 1 is 1.07 bits per heavy atom. The van der Waals surface area contributed by atoms with E-state index in [1.54, 1.807) is 14.2 Å². The fourth-order valence-electron chi connectivity index (χ4n) is 3.80. The second-order valence-electron chi connectivity index (χ2n) is 7.55. The Bertz CT molecular complexity index is 864. The van der Waals surface area contributed by atoms with E-state index in [9.17, 15) is 0 Å². The van der Waals surface area contributed by atoms with Gasteiger partial charge in [-0.3, -0.25) is 4.99 Å².